The summed E-state index contributed by atoms with van der Waals surface area (Å²) in [6.07, 6.45) is 1.84. The molecule has 8 heteroatoms. The van der Waals surface area contributed by atoms with E-state index < -0.39 is 0 Å². The molecule has 1 amide bonds. The number of benzene rings is 2. The second kappa shape index (κ2) is 8.52. The molecule has 0 saturated carbocycles. The first-order valence-corrected chi connectivity index (χ1v) is 12.1. The Kier molecular flexibility index (Phi) is 5.57. The molecule has 0 saturated heterocycles. The van der Waals surface area contributed by atoms with E-state index in [4.69, 9.17) is 0 Å². The van der Waals surface area contributed by atoms with Crippen molar-refractivity contribution in [3.05, 3.63) is 86.8 Å². The fourth-order valence-corrected chi connectivity index (χ4v) is 5.64. The van der Waals surface area contributed by atoms with Gasteiger partial charge < -0.3 is 5.32 Å². The summed E-state index contributed by atoms with van der Waals surface area (Å²) in [5.41, 5.74) is 3.79. The first-order chi connectivity index (χ1) is 15.5. The summed E-state index contributed by atoms with van der Waals surface area (Å²) in [5, 5.41) is 5.33. The number of hydrogen-bond acceptors (Lipinski definition) is 5. The predicted octanol–water partition coefficient (Wildman–Crippen LogP) is 4.79. The van der Waals surface area contributed by atoms with E-state index in [-0.39, 0.29) is 29.1 Å². The van der Waals surface area contributed by atoms with E-state index in [1.165, 1.54) is 44.9 Å². The van der Waals surface area contributed by atoms with Gasteiger partial charge in [-0.2, -0.15) is 0 Å². The Morgan fingerprint density at radius 3 is 2.97 bits per heavy atom. The lowest BCUT2D eigenvalue weighted by Crippen LogP contribution is -2.29. The van der Waals surface area contributed by atoms with Gasteiger partial charge in [-0.15, -0.1) is 11.3 Å². The number of amides is 1. The number of nitrogens with zero attached hydrogens (tertiary/aromatic N) is 2. The highest BCUT2D eigenvalue weighted by atomic mass is 32.2. The zero-order valence-electron chi connectivity index (χ0n) is 17.3. The summed E-state index contributed by atoms with van der Waals surface area (Å²) in [7, 11) is 0. The minimum atomic E-state index is -0.336. The van der Waals surface area contributed by atoms with Crippen molar-refractivity contribution in [1.29, 1.82) is 0 Å². The Bertz CT molecular complexity index is 1400. The third kappa shape index (κ3) is 3.84. The topological polar surface area (TPSA) is 64.0 Å². The Labute approximate surface area is 192 Å². The smallest absolute Gasteiger partial charge is 0.276 e. The van der Waals surface area contributed by atoms with E-state index >= 15 is 0 Å². The number of carbonyl (C=O) groups excluding carboxylic acids is 1. The predicted molar refractivity (Wildman–Crippen MR) is 126 cm³/mol. The average Bonchev–Trinajstić information content (AvgIpc) is 3.42. The number of hydrogen-bond donors (Lipinski definition) is 1. The van der Waals surface area contributed by atoms with E-state index in [1.54, 1.807) is 25.1 Å². The molecule has 0 unspecified atom stereocenters. The third-order valence-electron chi connectivity index (χ3n) is 5.65. The van der Waals surface area contributed by atoms with Crippen molar-refractivity contribution in [1.82, 2.24) is 14.9 Å². The van der Waals surface area contributed by atoms with Gasteiger partial charge in [-0.3, -0.25) is 14.2 Å². The summed E-state index contributed by atoms with van der Waals surface area (Å²) in [6.45, 7) is 1.65. The van der Waals surface area contributed by atoms with Crippen molar-refractivity contribution < 1.29 is 9.18 Å². The summed E-state index contributed by atoms with van der Waals surface area (Å²) in [6, 6.07) is 14.5. The number of thioether (sulfide) groups is 1. The fraction of sp³-hybridized carbons (Fsp3) is 0.208. The molecule has 0 spiro atoms. The van der Waals surface area contributed by atoms with Gasteiger partial charge in [0.25, 0.3) is 5.56 Å². The monoisotopic (exact) mass is 465 g/mol. The molecule has 1 aliphatic rings. The number of aromatic nitrogens is 2. The summed E-state index contributed by atoms with van der Waals surface area (Å²) < 4.78 is 15.8. The standard InChI is InChI=1S/C24H20FN3O2S2/c1-14-12-16(7-8-18(14)25)28-23(30)22-20(10-11-31-22)27-24(28)32-13-21(29)26-19-9-6-15-4-2-3-5-17(15)19/h2-5,7-8,10-12,19H,6,9,13H2,1H3,(H,26,29)/t19-/m0/s1. The van der Waals surface area contributed by atoms with Crippen LogP contribution in [0.3, 0.4) is 0 Å². The van der Waals surface area contributed by atoms with E-state index in [0.29, 0.717) is 26.6 Å². The molecule has 2 aromatic heterocycles. The van der Waals surface area contributed by atoms with E-state index in [0.717, 1.165) is 12.8 Å². The van der Waals surface area contributed by atoms with E-state index in [2.05, 4.69) is 22.4 Å². The quantitative estimate of drug-likeness (QED) is 0.340. The SMILES string of the molecule is Cc1cc(-n2c(SCC(=O)N[C@H]3CCc4ccccc43)nc3ccsc3c2=O)ccc1F. The van der Waals surface area contributed by atoms with Crippen molar-refractivity contribution >= 4 is 39.2 Å². The molecule has 1 atom stereocenters. The normalized spacial score (nSPS) is 15.1. The summed E-state index contributed by atoms with van der Waals surface area (Å²) >= 11 is 2.53. The lowest BCUT2D eigenvalue weighted by atomic mass is 10.1. The first-order valence-electron chi connectivity index (χ1n) is 10.3. The molecule has 1 N–H and O–H groups in total. The van der Waals surface area contributed by atoms with Crippen LogP contribution in [0, 0.1) is 12.7 Å². The molecule has 0 fully saturated rings. The fourth-order valence-electron chi connectivity index (χ4n) is 4.06. The van der Waals surface area contributed by atoms with Gasteiger partial charge in [0.15, 0.2) is 5.16 Å². The second-order valence-electron chi connectivity index (χ2n) is 7.75. The Morgan fingerprint density at radius 2 is 2.12 bits per heavy atom. The van der Waals surface area contributed by atoms with Gasteiger partial charge in [0, 0.05) is 0 Å². The molecule has 32 heavy (non-hydrogen) atoms. The van der Waals surface area contributed by atoms with Gasteiger partial charge in [-0.25, -0.2) is 9.37 Å². The Hall–Kier alpha value is -2.97. The Balaban J connectivity index is 1.42. The highest BCUT2D eigenvalue weighted by Crippen LogP contribution is 2.31. The van der Waals surface area contributed by atoms with Crippen LogP contribution in [0.5, 0.6) is 0 Å². The van der Waals surface area contributed by atoms with Gasteiger partial charge in [0.05, 0.1) is 23.0 Å². The maximum absolute atomic E-state index is 13.8. The second-order valence-corrected chi connectivity index (χ2v) is 9.61. The van der Waals surface area contributed by atoms with Crippen LogP contribution in [0.1, 0.15) is 29.2 Å². The van der Waals surface area contributed by atoms with Crippen molar-refractivity contribution in [2.45, 2.75) is 31.0 Å². The van der Waals surface area contributed by atoms with Crippen molar-refractivity contribution in [3.8, 4) is 5.69 Å². The lowest BCUT2D eigenvalue weighted by molar-refractivity contribution is -0.119. The number of carbonyl (C=O) groups is 1. The molecule has 2 heterocycles. The average molecular weight is 466 g/mol. The minimum absolute atomic E-state index is 0.00792. The lowest BCUT2D eigenvalue weighted by Gasteiger charge is -2.15. The van der Waals surface area contributed by atoms with E-state index in [1.807, 2.05) is 17.5 Å². The van der Waals surface area contributed by atoms with Crippen LogP contribution in [0.4, 0.5) is 4.39 Å². The molecule has 0 aliphatic heterocycles. The molecule has 5 rings (SSSR count). The molecule has 0 radical (unpaired) electrons. The Morgan fingerprint density at radius 1 is 1.28 bits per heavy atom. The van der Waals surface area contributed by atoms with Crippen LogP contribution in [0.25, 0.3) is 15.9 Å². The summed E-state index contributed by atoms with van der Waals surface area (Å²) in [5.74, 6) is -0.323. The highest BCUT2D eigenvalue weighted by Gasteiger charge is 2.24. The molecule has 2 aromatic carbocycles. The molecule has 0 bridgehead atoms. The highest BCUT2D eigenvalue weighted by molar-refractivity contribution is 7.99. The number of halogens is 1. The van der Waals surface area contributed by atoms with Crippen LogP contribution in [-0.2, 0) is 11.2 Å². The van der Waals surface area contributed by atoms with Crippen molar-refractivity contribution in [3.63, 3.8) is 0 Å². The largest absolute Gasteiger partial charge is 0.349 e. The minimum Gasteiger partial charge on any atom is -0.349 e. The number of fused-ring (bicyclic) bond motifs is 2. The van der Waals surface area contributed by atoms with Crippen LogP contribution in [-0.4, -0.2) is 21.2 Å². The number of aryl methyl sites for hydroxylation is 2. The van der Waals surface area contributed by atoms with Crippen LogP contribution >= 0.6 is 23.1 Å². The first kappa shape index (κ1) is 20.9. The van der Waals surface area contributed by atoms with Crippen LogP contribution < -0.4 is 10.9 Å². The van der Waals surface area contributed by atoms with Crippen molar-refractivity contribution in [2.24, 2.45) is 0 Å². The van der Waals surface area contributed by atoms with Crippen LogP contribution in [0.2, 0.25) is 0 Å². The van der Waals surface area contributed by atoms with Gasteiger partial charge in [-0.05, 0) is 66.1 Å². The van der Waals surface area contributed by atoms with Crippen molar-refractivity contribution in [2.75, 3.05) is 5.75 Å². The number of rotatable bonds is 5. The molecule has 4 aromatic rings. The van der Waals surface area contributed by atoms with Gasteiger partial charge in [-0.1, -0.05) is 36.0 Å². The van der Waals surface area contributed by atoms with Gasteiger partial charge >= 0.3 is 0 Å². The van der Waals surface area contributed by atoms with Gasteiger partial charge in [0.2, 0.25) is 5.91 Å². The molecular weight excluding hydrogens is 445 g/mol. The zero-order valence-corrected chi connectivity index (χ0v) is 18.9. The van der Waals surface area contributed by atoms with Gasteiger partial charge in [0.1, 0.15) is 10.5 Å². The number of thiophene rings is 1. The maximum Gasteiger partial charge on any atom is 0.276 e. The molecule has 5 nitrogen and oxygen atoms in total. The molecule has 1 aliphatic carbocycles. The molecule has 162 valence electrons. The van der Waals surface area contributed by atoms with E-state index in [9.17, 15) is 14.0 Å². The summed E-state index contributed by atoms with van der Waals surface area (Å²) in [4.78, 5) is 30.6. The third-order valence-corrected chi connectivity index (χ3v) is 7.48. The maximum atomic E-state index is 13.8. The molecular formula is C24H20FN3O2S2. The zero-order chi connectivity index (χ0) is 22.2. The van der Waals surface area contributed by atoms with Crippen LogP contribution in [0.15, 0.2) is 63.9 Å². The number of nitrogens with one attached hydrogen (secondary N) is 1.